The van der Waals surface area contributed by atoms with E-state index in [9.17, 15) is 10.1 Å². The fourth-order valence-electron chi connectivity index (χ4n) is 3.39. The Balaban J connectivity index is 1.81. The Morgan fingerprint density at radius 3 is 2.46 bits per heavy atom. The zero-order chi connectivity index (χ0) is 25.2. The highest BCUT2D eigenvalue weighted by molar-refractivity contribution is 6.09. The number of anilines is 1. The molecule has 1 amide bonds. The van der Waals surface area contributed by atoms with Crippen molar-refractivity contribution in [1.29, 1.82) is 5.26 Å². The van der Waals surface area contributed by atoms with Crippen LogP contribution in [0.1, 0.15) is 23.6 Å². The monoisotopic (exact) mass is 472 g/mol. The minimum Gasteiger partial charge on any atom is -0.497 e. The summed E-state index contributed by atoms with van der Waals surface area (Å²) in [5.74, 6) is 1.92. The number of hydrogen-bond acceptors (Lipinski definition) is 6. The first-order valence-electron chi connectivity index (χ1n) is 11.1. The molecule has 0 spiro atoms. The van der Waals surface area contributed by atoms with Gasteiger partial charge >= 0.3 is 0 Å². The van der Waals surface area contributed by atoms with E-state index in [4.69, 9.17) is 18.9 Å². The summed E-state index contributed by atoms with van der Waals surface area (Å²) in [5.41, 5.74) is 3.06. The molecule has 0 aliphatic heterocycles. The summed E-state index contributed by atoms with van der Waals surface area (Å²) >= 11 is 0. The molecule has 3 aromatic carbocycles. The highest BCUT2D eigenvalue weighted by Gasteiger charge is 2.13. The van der Waals surface area contributed by atoms with Gasteiger partial charge in [-0.25, -0.2) is 0 Å². The van der Waals surface area contributed by atoms with Crippen LogP contribution in [0.15, 0.2) is 66.2 Å². The zero-order valence-electron chi connectivity index (χ0n) is 20.3. The van der Waals surface area contributed by atoms with Crippen LogP contribution in [-0.2, 0) is 11.4 Å². The highest BCUT2D eigenvalue weighted by atomic mass is 16.5. The lowest BCUT2D eigenvalue weighted by Crippen LogP contribution is -2.13. The molecule has 1 N–H and O–H groups in total. The van der Waals surface area contributed by atoms with Gasteiger partial charge in [0.05, 0.1) is 20.8 Å². The molecule has 7 heteroatoms. The SMILES string of the molecule is CCOc1cc(/C=C(\C#N)C(=O)Nc2cccc(C)c2)ccc1OCc1cc(OC)ccc1OC. The number of nitrogens with zero attached hydrogens (tertiary/aromatic N) is 1. The molecule has 0 aliphatic rings. The van der Waals surface area contributed by atoms with Crippen LogP contribution in [0.4, 0.5) is 5.69 Å². The Morgan fingerprint density at radius 1 is 0.971 bits per heavy atom. The quantitative estimate of drug-likeness (QED) is 0.308. The van der Waals surface area contributed by atoms with Crippen LogP contribution in [-0.4, -0.2) is 26.7 Å². The highest BCUT2D eigenvalue weighted by Crippen LogP contribution is 2.32. The van der Waals surface area contributed by atoms with E-state index in [1.807, 2.05) is 56.3 Å². The van der Waals surface area contributed by atoms with Crippen molar-refractivity contribution in [1.82, 2.24) is 0 Å². The third kappa shape index (κ3) is 6.78. The van der Waals surface area contributed by atoms with Crippen molar-refractivity contribution < 1.29 is 23.7 Å². The van der Waals surface area contributed by atoms with Crippen molar-refractivity contribution in [2.24, 2.45) is 0 Å². The predicted octanol–water partition coefficient (Wildman–Crippen LogP) is 5.54. The van der Waals surface area contributed by atoms with Crippen molar-refractivity contribution in [3.8, 4) is 29.1 Å². The van der Waals surface area contributed by atoms with Crippen molar-refractivity contribution >= 4 is 17.7 Å². The number of hydrogen-bond donors (Lipinski definition) is 1. The molecule has 0 fully saturated rings. The summed E-state index contributed by atoms with van der Waals surface area (Å²) in [6.45, 7) is 4.45. The molecular formula is C28H28N2O5. The average molecular weight is 473 g/mol. The van der Waals surface area contributed by atoms with E-state index in [-0.39, 0.29) is 12.2 Å². The van der Waals surface area contributed by atoms with Gasteiger partial charge in [-0.3, -0.25) is 4.79 Å². The Hall–Kier alpha value is -4.44. The summed E-state index contributed by atoms with van der Waals surface area (Å²) in [7, 11) is 3.20. The maximum atomic E-state index is 12.6. The molecule has 180 valence electrons. The van der Waals surface area contributed by atoms with Gasteiger partial charge in [-0.15, -0.1) is 0 Å². The lowest BCUT2D eigenvalue weighted by Gasteiger charge is -2.15. The summed E-state index contributed by atoms with van der Waals surface area (Å²) < 4.78 is 22.5. The van der Waals surface area contributed by atoms with Gasteiger partial charge in [0.25, 0.3) is 5.91 Å². The molecule has 0 saturated heterocycles. The maximum absolute atomic E-state index is 12.6. The topological polar surface area (TPSA) is 89.8 Å². The molecular weight excluding hydrogens is 444 g/mol. The standard InChI is InChI=1S/C28H28N2O5/c1-5-34-27-15-20(14-21(17-29)28(31)30-23-8-6-7-19(2)13-23)9-11-26(27)35-18-22-16-24(32-3)10-12-25(22)33-4/h6-16H,5,18H2,1-4H3,(H,30,31)/b21-14+. The molecule has 0 aromatic heterocycles. The molecule has 0 bridgehead atoms. The molecule has 0 heterocycles. The normalized spacial score (nSPS) is 10.8. The predicted molar refractivity (Wildman–Crippen MR) is 135 cm³/mol. The molecule has 0 atom stereocenters. The van der Waals surface area contributed by atoms with E-state index < -0.39 is 5.91 Å². The van der Waals surface area contributed by atoms with Crippen LogP contribution in [0.2, 0.25) is 0 Å². The van der Waals surface area contributed by atoms with Crippen LogP contribution in [0.3, 0.4) is 0 Å². The Bertz CT molecular complexity index is 1260. The number of amides is 1. The third-order valence-electron chi connectivity index (χ3n) is 5.09. The number of carbonyl (C=O) groups excluding carboxylic acids is 1. The van der Waals surface area contributed by atoms with Gasteiger partial charge in [-0.1, -0.05) is 18.2 Å². The van der Waals surface area contributed by atoms with Crippen LogP contribution < -0.4 is 24.3 Å². The second kappa shape index (κ2) is 12.1. The molecule has 7 nitrogen and oxygen atoms in total. The van der Waals surface area contributed by atoms with Crippen molar-refractivity contribution in [3.63, 3.8) is 0 Å². The van der Waals surface area contributed by atoms with Gasteiger partial charge in [0.15, 0.2) is 11.5 Å². The second-order valence-corrected chi connectivity index (χ2v) is 7.60. The van der Waals surface area contributed by atoms with Gasteiger partial charge in [0.1, 0.15) is 29.7 Å². The van der Waals surface area contributed by atoms with Crippen LogP contribution >= 0.6 is 0 Å². The number of carbonyl (C=O) groups is 1. The average Bonchev–Trinajstić information content (AvgIpc) is 2.86. The maximum Gasteiger partial charge on any atom is 0.266 e. The Kier molecular flexibility index (Phi) is 8.74. The molecule has 0 radical (unpaired) electrons. The van der Waals surface area contributed by atoms with E-state index in [0.717, 1.165) is 11.1 Å². The van der Waals surface area contributed by atoms with Crippen LogP contribution in [0.25, 0.3) is 6.08 Å². The van der Waals surface area contributed by atoms with Gasteiger partial charge in [-0.2, -0.15) is 5.26 Å². The fraction of sp³-hybridized carbons (Fsp3) is 0.214. The fourth-order valence-corrected chi connectivity index (χ4v) is 3.39. The van der Waals surface area contributed by atoms with E-state index in [1.165, 1.54) is 6.08 Å². The van der Waals surface area contributed by atoms with E-state index >= 15 is 0 Å². The molecule has 0 saturated carbocycles. The van der Waals surface area contributed by atoms with E-state index in [0.29, 0.717) is 40.9 Å². The zero-order valence-corrected chi connectivity index (χ0v) is 20.3. The number of nitrogens with one attached hydrogen (secondary N) is 1. The number of rotatable bonds is 10. The lowest BCUT2D eigenvalue weighted by atomic mass is 10.1. The van der Waals surface area contributed by atoms with Crippen molar-refractivity contribution in [2.45, 2.75) is 20.5 Å². The van der Waals surface area contributed by atoms with Crippen molar-refractivity contribution in [2.75, 3.05) is 26.1 Å². The molecule has 35 heavy (non-hydrogen) atoms. The van der Waals surface area contributed by atoms with Gasteiger partial charge in [0.2, 0.25) is 0 Å². The first-order valence-corrected chi connectivity index (χ1v) is 11.1. The minimum atomic E-state index is -0.485. The largest absolute Gasteiger partial charge is 0.497 e. The summed E-state index contributed by atoms with van der Waals surface area (Å²) in [6, 6.07) is 20.1. The number of aryl methyl sites for hydroxylation is 1. The van der Waals surface area contributed by atoms with Crippen LogP contribution in [0.5, 0.6) is 23.0 Å². The Labute approximate surface area is 205 Å². The van der Waals surface area contributed by atoms with Crippen LogP contribution in [0, 0.1) is 18.3 Å². The van der Waals surface area contributed by atoms with Gasteiger partial charge in [0, 0.05) is 11.3 Å². The third-order valence-corrected chi connectivity index (χ3v) is 5.09. The molecule has 3 rings (SSSR count). The summed E-state index contributed by atoms with van der Waals surface area (Å²) in [6.07, 6.45) is 1.52. The summed E-state index contributed by atoms with van der Waals surface area (Å²) in [4.78, 5) is 12.6. The lowest BCUT2D eigenvalue weighted by molar-refractivity contribution is -0.112. The number of nitriles is 1. The number of benzene rings is 3. The second-order valence-electron chi connectivity index (χ2n) is 7.60. The first-order chi connectivity index (χ1) is 17.0. The van der Waals surface area contributed by atoms with E-state index in [2.05, 4.69) is 5.32 Å². The number of ether oxygens (including phenoxy) is 4. The first kappa shape index (κ1) is 25.2. The smallest absolute Gasteiger partial charge is 0.266 e. The Morgan fingerprint density at radius 2 is 1.77 bits per heavy atom. The molecule has 0 unspecified atom stereocenters. The molecule has 0 aliphatic carbocycles. The minimum absolute atomic E-state index is 0.0243. The van der Waals surface area contributed by atoms with Crippen molar-refractivity contribution in [3.05, 3.63) is 82.9 Å². The number of methoxy groups -OCH3 is 2. The van der Waals surface area contributed by atoms with Gasteiger partial charge < -0.3 is 24.3 Å². The van der Waals surface area contributed by atoms with E-state index in [1.54, 1.807) is 38.5 Å². The molecule has 3 aromatic rings. The summed E-state index contributed by atoms with van der Waals surface area (Å²) in [5, 5.41) is 12.3. The van der Waals surface area contributed by atoms with Gasteiger partial charge in [-0.05, 0) is 73.5 Å².